The Morgan fingerprint density at radius 1 is 0.795 bits per heavy atom. The molecular weight excluding hydrogens is 588 g/mol. The highest BCUT2D eigenvalue weighted by Crippen LogP contribution is 2.43. The van der Waals surface area contributed by atoms with Crippen molar-refractivity contribution in [2.75, 3.05) is 20.8 Å². The third-order valence-electron chi connectivity index (χ3n) is 7.64. The number of aromatic hydroxyl groups is 1. The van der Waals surface area contributed by atoms with E-state index in [2.05, 4.69) is 0 Å². The van der Waals surface area contributed by atoms with Gasteiger partial charge < -0.3 is 68.6 Å². The van der Waals surface area contributed by atoms with Crippen LogP contribution in [-0.2, 0) is 14.2 Å². The molecule has 1 aromatic heterocycles. The number of benzene rings is 2. The second-order valence-corrected chi connectivity index (χ2v) is 10.5. The smallest absolute Gasteiger partial charge is 0.229 e. The van der Waals surface area contributed by atoms with Crippen LogP contribution in [0.5, 0.6) is 23.0 Å². The molecule has 0 saturated carbocycles. The molecule has 0 unspecified atom stereocenters. The van der Waals surface area contributed by atoms with Crippen LogP contribution >= 0.6 is 0 Å². The number of rotatable bonds is 8. The Labute approximate surface area is 249 Å². The number of aliphatic hydroxyl groups is 6. The van der Waals surface area contributed by atoms with Crippen LogP contribution in [0.1, 0.15) is 6.92 Å². The van der Waals surface area contributed by atoms with Gasteiger partial charge in [0, 0.05) is 17.7 Å². The largest absolute Gasteiger partial charge is 0.504 e. The van der Waals surface area contributed by atoms with E-state index in [0.717, 1.165) is 0 Å². The van der Waals surface area contributed by atoms with E-state index in [1.54, 1.807) is 24.3 Å². The first-order chi connectivity index (χ1) is 20.9. The van der Waals surface area contributed by atoms with Crippen molar-refractivity contribution in [3.63, 3.8) is 0 Å². The summed E-state index contributed by atoms with van der Waals surface area (Å²) in [6.45, 7) is 0.947. The van der Waals surface area contributed by atoms with Crippen molar-refractivity contribution in [2.24, 2.45) is 0 Å². The molecule has 2 aromatic carbocycles. The zero-order valence-corrected chi connectivity index (χ0v) is 23.8. The molecule has 5 rings (SSSR count). The molecule has 0 spiro atoms. The molecule has 240 valence electrons. The first kappa shape index (κ1) is 31.9. The first-order valence-electron chi connectivity index (χ1n) is 13.6. The summed E-state index contributed by atoms with van der Waals surface area (Å²) in [4.78, 5) is 13.0. The summed E-state index contributed by atoms with van der Waals surface area (Å²) < 4.78 is 38.7. The number of fused-ring (bicyclic) bond motifs is 1. The third kappa shape index (κ3) is 5.93. The number of phenolic OH excluding ortho intramolecular Hbond substituents is 1. The highest BCUT2D eigenvalue weighted by Gasteiger charge is 2.47. The predicted octanol–water partition coefficient (Wildman–Crippen LogP) is -0.787. The molecule has 15 heteroatoms. The second kappa shape index (κ2) is 12.8. The fraction of sp³-hybridized carbons (Fsp3) is 0.483. The average Bonchev–Trinajstić information content (AvgIpc) is 3.01. The molecule has 10 atom stereocenters. The van der Waals surface area contributed by atoms with Gasteiger partial charge in [0.15, 0.2) is 23.2 Å². The minimum atomic E-state index is -1.81. The molecule has 2 saturated heterocycles. The number of hydrogen-bond donors (Lipinski definition) is 7. The van der Waals surface area contributed by atoms with Crippen LogP contribution in [0.3, 0.4) is 0 Å². The van der Waals surface area contributed by atoms with Crippen molar-refractivity contribution < 1.29 is 68.6 Å². The van der Waals surface area contributed by atoms with Gasteiger partial charge in [0.05, 0.1) is 26.9 Å². The van der Waals surface area contributed by atoms with Crippen LogP contribution in [-0.4, -0.2) is 118 Å². The minimum absolute atomic E-state index is 0.0966. The van der Waals surface area contributed by atoms with Crippen LogP contribution in [0.15, 0.2) is 45.6 Å². The average molecular weight is 623 g/mol. The van der Waals surface area contributed by atoms with Crippen molar-refractivity contribution in [1.82, 2.24) is 0 Å². The summed E-state index contributed by atoms with van der Waals surface area (Å²) in [7, 11) is 2.72. The van der Waals surface area contributed by atoms with Crippen LogP contribution in [0.4, 0.5) is 0 Å². The number of methoxy groups -OCH3 is 2. The topological polar surface area (TPSA) is 227 Å². The Kier molecular flexibility index (Phi) is 9.31. The van der Waals surface area contributed by atoms with Gasteiger partial charge in [-0.05, 0) is 31.2 Å². The molecule has 44 heavy (non-hydrogen) atoms. The highest BCUT2D eigenvalue weighted by atomic mass is 16.7. The van der Waals surface area contributed by atoms with Gasteiger partial charge in [-0.25, -0.2) is 0 Å². The fourth-order valence-electron chi connectivity index (χ4n) is 5.06. The minimum Gasteiger partial charge on any atom is -0.504 e. The Morgan fingerprint density at radius 2 is 1.45 bits per heavy atom. The van der Waals surface area contributed by atoms with E-state index < -0.39 is 79.2 Å². The molecule has 0 aliphatic carbocycles. The summed E-state index contributed by atoms with van der Waals surface area (Å²) in [5.41, 5.74) is -0.138. The van der Waals surface area contributed by atoms with E-state index in [-0.39, 0.29) is 28.2 Å². The maximum absolute atomic E-state index is 13.0. The van der Waals surface area contributed by atoms with Crippen LogP contribution in [0.2, 0.25) is 0 Å². The summed E-state index contributed by atoms with van der Waals surface area (Å²) >= 11 is 0. The lowest BCUT2D eigenvalue weighted by Crippen LogP contribution is -2.61. The van der Waals surface area contributed by atoms with Crippen molar-refractivity contribution in [2.45, 2.75) is 68.3 Å². The molecule has 2 fully saturated rings. The predicted molar refractivity (Wildman–Crippen MR) is 148 cm³/mol. The summed E-state index contributed by atoms with van der Waals surface area (Å²) in [6.07, 6.45) is -15.2. The number of hydrogen-bond acceptors (Lipinski definition) is 15. The molecule has 2 aliphatic heterocycles. The molecule has 3 aromatic rings. The summed E-state index contributed by atoms with van der Waals surface area (Å²) in [5, 5.41) is 72.6. The highest BCUT2D eigenvalue weighted by molar-refractivity contribution is 5.89. The zero-order chi connectivity index (χ0) is 31.9. The van der Waals surface area contributed by atoms with Gasteiger partial charge in [0.1, 0.15) is 65.2 Å². The van der Waals surface area contributed by atoms with Crippen LogP contribution in [0.25, 0.3) is 22.3 Å². The Morgan fingerprint density at radius 3 is 2.11 bits per heavy atom. The van der Waals surface area contributed by atoms with Gasteiger partial charge >= 0.3 is 0 Å². The summed E-state index contributed by atoms with van der Waals surface area (Å²) in [5.74, 6) is -0.391. The SMILES string of the molecule is COc1ccc(-c2cc(=O)c3c(O)c(OC)c(O[C@@H]4O[C@H](CO[C@@H]5O[C@@H](C)[C@H](O)[C@@H](O)[C@H]5O)[C@@H](O)[C@H](O)[C@H]4O)cc3o2)cc1. The van der Waals surface area contributed by atoms with E-state index >= 15 is 0 Å². The number of ether oxygens (including phenoxy) is 6. The van der Waals surface area contributed by atoms with Crippen molar-refractivity contribution in [3.8, 4) is 34.3 Å². The fourth-order valence-corrected chi connectivity index (χ4v) is 5.06. The molecule has 0 radical (unpaired) electrons. The molecule has 0 bridgehead atoms. The Bertz CT molecular complexity index is 1510. The number of phenols is 1. The zero-order valence-electron chi connectivity index (χ0n) is 23.8. The van der Waals surface area contributed by atoms with Crippen LogP contribution in [0, 0.1) is 0 Å². The Hall–Kier alpha value is -3.51. The van der Waals surface area contributed by atoms with E-state index in [4.69, 9.17) is 32.8 Å². The lowest BCUT2D eigenvalue weighted by atomic mass is 9.98. The van der Waals surface area contributed by atoms with E-state index in [9.17, 15) is 40.5 Å². The van der Waals surface area contributed by atoms with Gasteiger partial charge in [-0.3, -0.25) is 4.79 Å². The third-order valence-corrected chi connectivity index (χ3v) is 7.64. The number of aliphatic hydroxyl groups excluding tert-OH is 6. The lowest BCUT2D eigenvalue weighted by Gasteiger charge is -2.42. The normalized spacial score (nSPS) is 32.4. The van der Waals surface area contributed by atoms with Crippen molar-refractivity contribution >= 4 is 11.0 Å². The quantitative estimate of drug-likeness (QED) is 0.163. The molecule has 7 N–H and O–H groups in total. The van der Waals surface area contributed by atoms with Gasteiger partial charge in [-0.1, -0.05) is 0 Å². The molecule has 3 heterocycles. The van der Waals surface area contributed by atoms with E-state index in [1.165, 1.54) is 33.3 Å². The van der Waals surface area contributed by atoms with Gasteiger partial charge in [0.25, 0.3) is 0 Å². The van der Waals surface area contributed by atoms with E-state index in [0.29, 0.717) is 11.3 Å². The summed E-state index contributed by atoms with van der Waals surface area (Å²) in [6, 6.07) is 9.13. The van der Waals surface area contributed by atoms with E-state index in [1.807, 2.05) is 0 Å². The molecular formula is C29H34O15. The van der Waals surface area contributed by atoms with Crippen LogP contribution < -0.4 is 19.6 Å². The second-order valence-electron chi connectivity index (χ2n) is 10.5. The Balaban J connectivity index is 1.41. The molecule has 15 nitrogen and oxygen atoms in total. The first-order valence-corrected chi connectivity index (χ1v) is 13.6. The molecule has 0 amide bonds. The lowest BCUT2D eigenvalue weighted by molar-refractivity contribution is -0.318. The van der Waals surface area contributed by atoms with Gasteiger partial charge in [-0.15, -0.1) is 0 Å². The van der Waals surface area contributed by atoms with Gasteiger partial charge in [-0.2, -0.15) is 0 Å². The van der Waals surface area contributed by atoms with Crippen molar-refractivity contribution in [3.05, 3.63) is 46.6 Å². The monoisotopic (exact) mass is 622 g/mol. The van der Waals surface area contributed by atoms with Gasteiger partial charge in [0.2, 0.25) is 12.0 Å². The van der Waals surface area contributed by atoms with Crippen molar-refractivity contribution in [1.29, 1.82) is 0 Å². The standard InChI is InChI=1S/C29H34O15/c1-11-20(31)23(34)25(36)28(41-11)40-10-18-21(32)24(35)26(37)29(44-18)43-17-9-16-19(22(33)27(17)39-3)14(30)8-15(42-16)12-4-6-13(38-2)7-5-12/h4-9,11,18,20-21,23-26,28-29,31-37H,10H2,1-3H3/t11-,18+,20-,21+,23+,24-,25+,26+,28+,29+/m0/s1. The maximum atomic E-state index is 13.0. The molecule has 2 aliphatic rings. The maximum Gasteiger partial charge on any atom is 0.229 e.